The summed E-state index contributed by atoms with van der Waals surface area (Å²) in [6, 6.07) is 0.456. The van der Waals surface area contributed by atoms with Crippen molar-refractivity contribution in [3.8, 4) is 0 Å². The minimum Gasteiger partial charge on any atom is -0.332 e. The molecule has 1 atom stereocenters. The number of hydrogen-bond acceptors (Lipinski definition) is 3. The summed E-state index contributed by atoms with van der Waals surface area (Å²) >= 11 is 0. The number of hydrogen-bond donors (Lipinski definition) is 1. The predicted octanol–water partition coefficient (Wildman–Crippen LogP) is 0.455. The van der Waals surface area contributed by atoms with Crippen molar-refractivity contribution in [1.29, 1.82) is 0 Å². The van der Waals surface area contributed by atoms with Crippen LogP contribution in [0.5, 0.6) is 0 Å². The molecule has 1 fully saturated rings. The number of amides is 2. The lowest BCUT2D eigenvalue weighted by Gasteiger charge is -2.34. The molecule has 1 N–H and O–H groups in total. The van der Waals surface area contributed by atoms with Crippen LogP contribution in [-0.4, -0.2) is 60.9 Å². The summed E-state index contributed by atoms with van der Waals surface area (Å²) in [7, 11) is 1.93. The lowest BCUT2D eigenvalue weighted by Crippen LogP contribution is -2.54. The van der Waals surface area contributed by atoms with Gasteiger partial charge in [-0.1, -0.05) is 6.92 Å². The Morgan fingerprint density at radius 1 is 1.17 bits per heavy atom. The van der Waals surface area contributed by atoms with Crippen LogP contribution in [0.25, 0.3) is 0 Å². The topological polar surface area (TPSA) is 52.7 Å². The van der Waals surface area contributed by atoms with Gasteiger partial charge in [0.15, 0.2) is 0 Å². The Hall–Kier alpha value is -1.10. The zero-order valence-corrected chi connectivity index (χ0v) is 11.7. The molecule has 0 aliphatic carbocycles. The van der Waals surface area contributed by atoms with Crippen LogP contribution in [0.15, 0.2) is 0 Å². The second kappa shape index (κ2) is 7.36. The summed E-state index contributed by atoms with van der Waals surface area (Å²) in [5, 5.41) is 3.17. The van der Waals surface area contributed by atoms with Gasteiger partial charge in [-0.3, -0.25) is 9.59 Å². The first-order valence-corrected chi connectivity index (χ1v) is 6.81. The molecular formula is C13H25N3O2. The van der Waals surface area contributed by atoms with E-state index in [9.17, 15) is 9.59 Å². The van der Waals surface area contributed by atoms with Crippen LogP contribution in [0, 0.1) is 0 Å². The summed E-state index contributed by atoms with van der Waals surface area (Å²) in [6.07, 6.45) is 2.86. The molecule has 0 radical (unpaired) electrons. The van der Waals surface area contributed by atoms with Crippen molar-refractivity contribution in [2.75, 3.05) is 33.2 Å². The normalized spacial score (nSPS) is 18.4. The Balaban J connectivity index is 2.35. The van der Waals surface area contributed by atoms with E-state index in [1.54, 1.807) is 9.80 Å². The van der Waals surface area contributed by atoms with Crippen molar-refractivity contribution in [1.82, 2.24) is 15.1 Å². The lowest BCUT2D eigenvalue weighted by atomic mass is 10.1. The van der Waals surface area contributed by atoms with Crippen LogP contribution in [0.3, 0.4) is 0 Å². The van der Waals surface area contributed by atoms with Crippen molar-refractivity contribution in [2.45, 2.75) is 39.2 Å². The minimum absolute atomic E-state index is 0.0816. The highest BCUT2D eigenvalue weighted by Crippen LogP contribution is 2.08. The van der Waals surface area contributed by atoms with Gasteiger partial charge in [-0.05, 0) is 33.2 Å². The number of rotatable bonds is 7. The fourth-order valence-corrected chi connectivity index (χ4v) is 2.11. The number of nitrogens with zero attached hydrogens (tertiary/aromatic N) is 2. The van der Waals surface area contributed by atoms with E-state index < -0.39 is 0 Å². The first-order valence-electron chi connectivity index (χ1n) is 6.81. The first-order chi connectivity index (χ1) is 8.58. The van der Waals surface area contributed by atoms with Crippen LogP contribution < -0.4 is 5.32 Å². The van der Waals surface area contributed by atoms with E-state index in [-0.39, 0.29) is 24.9 Å². The van der Waals surface area contributed by atoms with Gasteiger partial charge >= 0.3 is 0 Å². The molecule has 104 valence electrons. The molecule has 1 rings (SSSR count). The number of piperazine rings is 1. The quantitative estimate of drug-likeness (QED) is 0.719. The SMILES string of the molecule is CCCN1CC(=O)N(CCCC(C)NC)CC1=O. The maximum Gasteiger partial charge on any atom is 0.242 e. The van der Waals surface area contributed by atoms with Gasteiger partial charge in [-0.25, -0.2) is 0 Å². The molecule has 2 amide bonds. The molecule has 0 aromatic heterocycles. The third-order valence-corrected chi connectivity index (χ3v) is 3.41. The molecule has 1 aliphatic rings. The Morgan fingerprint density at radius 2 is 1.72 bits per heavy atom. The minimum atomic E-state index is 0.0816. The highest BCUT2D eigenvalue weighted by Gasteiger charge is 2.28. The van der Waals surface area contributed by atoms with E-state index in [2.05, 4.69) is 12.2 Å². The number of nitrogens with one attached hydrogen (secondary N) is 1. The van der Waals surface area contributed by atoms with E-state index in [4.69, 9.17) is 0 Å². The zero-order chi connectivity index (χ0) is 13.5. The maximum absolute atomic E-state index is 11.9. The Morgan fingerprint density at radius 3 is 2.22 bits per heavy atom. The van der Waals surface area contributed by atoms with E-state index in [1.165, 1.54) is 0 Å². The van der Waals surface area contributed by atoms with Crippen molar-refractivity contribution in [2.24, 2.45) is 0 Å². The molecule has 1 unspecified atom stereocenters. The second-order valence-corrected chi connectivity index (χ2v) is 4.96. The van der Waals surface area contributed by atoms with E-state index in [1.807, 2.05) is 14.0 Å². The molecular weight excluding hydrogens is 230 g/mol. The van der Waals surface area contributed by atoms with Crippen LogP contribution in [0.1, 0.15) is 33.1 Å². The molecule has 0 aromatic carbocycles. The molecule has 1 aliphatic heterocycles. The van der Waals surface area contributed by atoms with Gasteiger partial charge in [-0.15, -0.1) is 0 Å². The molecule has 0 bridgehead atoms. The van der Waals surface area contributed by atoms with Gasteiger partial charge in [0.1, 0.15) is 0 Å². The smallest absolute Gasteiger partial charge is 0.242 e. The largest absolute Gasteiger partial charge is 0.332 e. The first kappa shape index (κ1) is 15.0. The third-order valence-electron chi connectivity index (χ3n) is 3.41. The van der Waals surface area contributed by atoms with Crippen LogP contribution in [0.2, 0.25) is 0 Å². The molecule has 1 heterocycles. The van der Waals surface area contributed by atoms with Crippen molar-refractivity contribution >= 4 is 11.8 Å². The monoisotopic (exact) mass is 255 g/mol. The van der Waals surface area contributed by atoms with Crippen molar-refractivity contribution < 1.29 is 9.59 Å². The molecule has 18 heavy (non-hydrogen) atoms. The van der Waals surface area contributed by atoms with Gasteiger partial charge in [0.25, 0.3) is 0 Å². The predicted molar refractivity (Wildman–Crippen MR) is 71.2 cm³/mol. The highest BCUT2D eigenvalue weighted by molar-refractivity contribution is 5.92. The third kappa shape index (κ3) is 4.29. The molecule has 1 saturated heterocycles. The van der Waals surface area contributed by atoms with Gasteiger partial charge in [0.2, 0.25) is 11.8 Å². The van der Waals surface area contributed by atoms with Crippen LogP contribution >= 0.6 is 0 Å². The molecule has 0 spiro atoms. The van der Waals surface area contributed by atoms with Gasteiger partial charge < -0.3 is 15.1 Å². The molecule has 5 nitrogen and oxygen atoms in total. The zero-order valence-electron chi connectivity index (χ0n) is 11.7. The summed E-state index contributed by atoms with van der Waals surface area (Å²) in [5.74, 6) is 0.165. The maximum atomic E-state index is 11.9. The second-order valence-electron chi connectivity index (χ2n) is 4.96. The summed E-state index contributed by atoms with van der Waals surface area (Å²) in [5.41, 5.74) is 0. The standard InChI is InChI=1S/C13H25N3O2/c1-4-7-15-9-13(18)16(10-12(15)17)8-5-6-11(2)14-3/h11,14H,4-10H2,1-3H3. The Bertz CT molecular complexity index is 294. The fourth-order valence-electron chi connectivity index (χ4n) is 2.11. The highest BCUT2D eigenvalue weighted by atomic mass is 16.2. The van der Waals surface area contributed by atoms with Gasteiger partial charge in [0.05, 0.1) is 13.1 Å². The summed E-state index contributed by atoms with van der Waals surface area (Å²) < 4.78 is 0. The fraction of sp³-hybridized carbons (Fsp3) is 0.846. The van der Waals surface area contributed by atoms with Crippen LogP contribution in [0.4, 0.5) is 0 Å². The van der Waals surface area contributed by atoms with Gasteiger partial charge in [-0.2, -0.15) is 0 Å². The summed E-state index contributed by atoms with van der Waals surface area (Å²) in [4.78, 5) is 27.1. The average Bonchev–Trinajstić information content (AvgIpc) is 2.35. The molecule has 0 saturated carbocycles. The van der Waals surface area contributed by atoms with Crippen molar-refractivity contribution in [3.63, 3.8) is 0 Å². The Labute approximate surface area is 110 Å². The van der Waals surface area contributed by atoms with E-state index >= 15 is 0 Å². The van der Waals surface area contributed by atoms with E-state index in [0.717, 1.165) is 19.3 Å². The lowest BCUT2D eigenvalue weighted by molar-refractivity contribution is -0.150. The molecule has 5 heteroatoms. The van der Waals surface area contributed by atoms with Crippen molar-refractivity contribution in [3.05, 3.63) is 0 Å². The number of carbonyl (C=O) groups is 2. The Kier molecular flexibility index (Phi) is 6.12. The number of carbonyl (C=O) groups excluding carboxylic acids is 2. The van der Waals surface area contributed by atoms with E-state index in [0.29, 0.717) is 19.1 Å². The average molecular weight is 255 g/mol. The van der Waals surface area contributed by atoms with Crippen LogP contribution in [-0.2, 0) is 9.59 Å². The molecule has 0 aromatic rings. The van der Waals surface area contributed by atoms with Gasteiger partial charge in [0, 0.05) is 19.1 Å². The summed E-state index contributed by atoms with van der Waals surface area (Å²) in [6.45, 7) is 6.03.